The van der Waals surface area contributed by atoms with Gasteiger partial charge in [-0.05, 0) is 54.7 Å². The summed E-state index contributed by atoms with van der Waals surface area (Å²) in [7, 11) is 3.40. The fourth-order valence-corrected chi connectivity index (χ4v) is 6.29. The monoisotopic (exact) mass is 622 g/mol. The van der Waals surface area contributed by atoms with Crippen molar-refractivity contribution in [3.63, 3.8) is 0 Å². The largest absolute Gasteiger partial charge is 0.542 e. The zero-order valence-electron chi connectivity index (χ0n) is 21.2. The van der Waals surface area contributed by atoms with E-state index in [0.717, 1.165) is 23.5 Å². The Morgan fingerprint density at radius 2 is 1.82 bits per heavy atom. The molecule has 0 aromatic carbocycles. The van der Waals surface area contributed by atoms with Crippen LogP contribution in [0.25, 0.3) is 0 Å². The second-order valence-electron chi connectivity index (χ2n) is 7.68. The molecule has 16 heteroatoms. The summed E-state index contributed by atoms with van der Waals surface area (Å²) in [4.78, 5) is 45.1. The van der Waals surface area contributed by atoms with E-state index in [1.165, 1.54) is 0 Å². The molecule has 0 saturated carbocycles. The average Bonchev–Trinajstić information content (AvgIpc) is 3.36. The predicted molar refractivity (Wildman–Crippen MR) is 142 cm³/mol. The van der Waals surface area contributed by atoms with Gasteiger partial charge in [-0.25, -0.2) is 9.59 Å². The van der Waals surface area contributed by atoms with Crippen molar-refractivity contribution in [2.45, 2.75) is 44.9 Å². The number of carbonyl (C=O) groups excluding carboxylic acids is 4. The van der Waals surface area contributed by atoms with Gasteiger partial charge in [-0.1, -0.05) is 21.6 Å². The Morgan fingerprint density at radius 3 is 2.34 bits per heavy atom. The van der Waals surface area contributed by atoms with Gasteiger partial charge in [0, 0.05) is 12.2 Å². The molecule has 0 spiro atoms. The first-order chi connectivity index (χ1) is 17.8. The van der Waals surface area contributed by atoms with Crippen molar-refractivity contribution in [3.8, 4) is 0 Å². The molecule has 0 aliphatic carbocycles. The van der Waals surface area contributed by atoms with E-state index in [9.17, 15) is 27.6 Å². The summed E-state index contributed by atoms with van der Waals surface area (Å²) in [6, 6.07) is 1.55. The molecule has 4 N–H and O–H groups in total. The number of quaternary nitrogens is 1. The minimum Gasteiger partial charge on any atom is -0.542 e. The quantitative estimate of drug-likeness (QED) is 0.158. The van der Waals surface area contributed by atoms with Crippen LogP contribution in [-0.4, -0.2) is 78.8 Å². The number of esters is 2. The molecule has 38 heavy (non-hydrogen) atoms. The number of hydrogen-bond donors (Lipinski definition) is 2. The van der Waals surface area contributed by atoms with Crippen molar-refractivity contribution in [2.24, 2.45) is 5.92 Å². The molecule has 3 atom stereocenters. The Labute approximate surface area is 235 Å². The smallest absolute Gasteiger partial charge is 0.430 e. The summed E-state index contributed by atoms with van der Waals surface area (Å²) in [6.45, 7) is 2.98. The van der Waals surface area contributed by atoms with Crippen molar-refractivity contribution >= 4 is 68.5 Å². The van der Waals surface area contributed by atoms with Crippen LogP contribution in [0.15, 0.2) is 16.8 Å². The molecule has 9 nitrogen and oxygen atoms in total. The van der Waals surface area contributed by atoms with Crippen LogP contribution >= 0.6 is 44.7 Å². The highest BCUT2D eigenvalue weighted by Crippen LogP contribution is 2.27. The van der Waals surface area contributed by atoms with Crippen molar-refractivity contribution in [2.75, 3.05) is 36.7 Å². The number of thioether (sulfide) groups is 1. The zero-order chi connectivity index (χ0) is 29.1. The number of carboxylic acid groups (broad SMARTS) is 1. The van der Waals surface area contributed by atoms with Gasteiger partial charge in [0.05, 0.1) is 24.3 Å². The van der Waals surface area contributed by atoms with E-state index < -0.39 is 36.7 Å². The predicted octanol–water partition coefficient (Wildman–Crippen LogP) is 1.56. The van der Waals surface area contributed by atoms with Crippen LogP contribution in [0.5, 0.6) is 0 Å². The lowest BCUT2D eigenvalue weighted by atomic mass is 10.0. The molecule has 1 aromatic rings. The normalized spacial score (nSPS) is 13.3. The minimum absolute atomic E-state index is 0.201. The van der Waals surface area contributed by atoms with Gasteiger partial charge in [0.25, 0.3) is 0 Å². The summed E-state index contributed by atoms with van der Waals surface area (Å²) in [5, 5.41) is 15.5. The highest BCUT2D eigenvalue weighted by molar-refractivity contribution is 8.76. The van der Waals surface area contributed by atoms with Crippen molar-refractivity contribution in [1.29, 1.82) is 0 Å². The molecule has 0 aliphatic heterocycles. The third-order valence-electron chi connectivity index (χ3n) is 4.40. The maximum absolute atomic E-state index is 12.8. The molecule has 0 fully saturated rings. The highest BCUT2D eigenvalue weighted by Gasteiger charge is 2.29. The highest BCUT2D eigenvalue weighted by atomic mass is 33.1. The molecule has 1 rings (SSSR count). The second kappa shape index (κ2) is 20.3. The zero-order valence-corrected chi connectivity index (χ0v) is 24.5. The van der Waals surface area contributed by atoms with Gasteiger partial charge in [0.1, 0.15) is 12.0 Å². The average molecular weight is 623 g/mol. The van der Waals surface area contributed by atoms with Crippen LogP contribution in [0.3, 0.4) is 0 Å². The standard InChI is InChI=1S/C20H32N2O5S4.C2HF3O2/c1-4-26-18(23)10-27-20(25)14(2)22-19(24)16(9-15-5-8-29-11-15)12-30-31-13-17(21)6-7-28-3;3-2(4,5)1(6)7/h5,8,11,14,16-17H,4,6-7,9-10,12-13,21H2,1-3H3,(H,22,24);(H,6,7). The van der Waals surface area contributed by atoms with E-state index in [1.54, 1.807) is 46.8 Å². The van der Waals surface area contributed by atoms with E-state index in [4.69, 9.17) is 19.4 Å². The molecule has 218 valence electrons. The van der Waals surface area contributed by atoms with Gasteiger partial charge in [-0.3, -0.25) is 4.79 Å². The number of thiophene rings is 1. The molecule has 0 radical (unpaired) electrons. The van der Waals surface area contributed by atoms with Gasteiger partial charge in [0.2, 0.25) is 5.91 Å². The van der Waals surface area contributed by atoms with E-state index in [-0.39, 0.29) is 18.4 Å². The van der Waals surface area contributed by atoms with E-state index >= 15 is 0 Å². The number of rotatable bonds is 16. The van der Waals surface area contributed by atoms with Crippen molar-refractivity contribution < 1.29 is 52.7 Å². The maximum atomic E-state index is 12.8. The minimum atomic E-state index is -5.19. The molecule has 0 bridgehead atoms. The Hall–Kier alpha value is -1.62. The number of carboxylic acids is 1. The van der Waals surface area contributed by atoms with Gasteiger partial charge < -0.3 is 30.4 Å². The first-order valence-corrected chi connectivity index (χ1v) is 16.1. The summed E-state index contributed by atoms with van der Waals surface area (Å²) >= 11 is 3.42. The van der Waals surface area contributed by atoms with Crippen LogP contribution in [0.2, 0.25) is 0 Å². The topological polar surface area (TPSA) is 149 Å². The summed E-state index contributed by atoms with van der Waals surface area (Å²) in [6.07, 6.45) is -1.41. The fourth-order valence-electron chi connectivity index (χ4n) is 2.41. The van der Waals surface area contributed by atoms with Gasteiger partial charge >= 0.3 is 18.1 Å². The maximum Gasteiger partial charge on any atom is 0.430 e. The summed E-state index contributed by atoms with van der Waals surface area (Å²) < 4.78 is 41.2. The third kappa shape index (κ3) is 17.8. The Bertz CT molecular complexity index is 845. The fraction of sp³-hybridized carbons (Fsp3) is 0.636. The number of alkyl halides is 3. The van der Waals surface area contributed by atoms with Crippen LogP contribution in [-0.2, 0) is 35.1 Å². The molecule has 0 aliphatic rings. The number of aliphatic carboxylic acids is 1. The first-order valence-electron chi connectivity index (χ1n) is 11.3. The van der Waals surface area contributed by atoms with Gasteiger partial charge in [0.15, 0.2) is 6.61 Å². The number of hydrogen-bond acceptors (Lipinski definition) is 11. The number of nitrogens with one attached hydrogen (secondary N) is 1. The van der Waals surface area contributed by atoms with Gasteiger partial charge in [-0.2, -0.15) is 36.3 Å². The molecular weight excluding hydrogens is 590 g/mol. The van der Waals surface area contributed by atoms with Crippen LogP contribution in [0, 0.1) is 5.92 Å². The van der Waals surface area contributed by atoms with E-state index in [1.807, 2.05) is 28.6 Å². The lowest BCUT2D eigenvalue weighted by Gasteiger charge is -2.19. The van der Waals surface area contributed by atoms with Crippen LogP contribution < -0.4 is 16.2 Å². The number of amides is 1. The van der Waals surface area contributed by atoms with Crippen LogP contribution in [0.4, 0.5) is 13.2 Å². The summed E-state index contributed by atoms with van der Waals surface area (Å²) in [5.41, 5.74) is 5.28. The van der Waals surface area contributed by atoms with Crippen LogP contribution in [0.1, 0.15) is 25.8 Å². The second-order valence-corrected chi connectivity index (χ2v) is 12.0. The number of ether oxygens (including phenoxy) is 2. The molecule has 1 heterocycles. The van der Waals surface area contributed by atoms with Crippen molar-refractivity contribution in [1.82, 2.24) is 5.32 Å². The Kier molecular flexibility index (Phi) is 19.4. The number of carbonyl (C=O) groups is 4. The molecular formula is C22H33F3N2O7S4. The Morgan fingerprint density at radius 1 is 1.18 bits per heavy atom. The lowest BCUT2D eigenvalue weighted by molar-refractivity contribution is -0.412. The SMILES string of the molecule is CCOC(=O)COC(=O)C(C)NC(=O)C(CSSCC([NH3+])CCSC)Cc1ccsc1.O=C([O-])C(F)(F)F. The lowest BCUT2D eigenvalue weighted by Crippen LogP contribution is -2.62. The molecule has 1 amide bonds. The van der Waals surface area contributed by atoms with Gasteiger partial charge in [-0.15, -0.1) is 0 Å². The molecule has 1 aromatic heterocycles. The number of halogens is 3. The first kappa shape index (κ1) is 36.4. The van der Waals surface area contributed by atoms with E-state index in [2.05, 4.69) is 17.3 Å². The molecule has 3 unspecified atom stereocenters. The van der Waals surface area contributed by atoms with Crippen molar-refractivity contribution in [3.05, 3.63) is 22.4 Å². The Balaban J connectivity index is 0.00000171. The van der Waals surface area contributed by atoms with E-state index in [0.29, 0.717) is 18.2 Å². The third-order valence-corrected chi connectivity index (χ3v) is 8.41. The molecule has 0 saturated heterocycles. The summed E-state index contributed by atoms with van der Waals surface area (Å²) in [5.74, 6) is -2.08.